The number of benzene rings is 8. The molecule has 8 aromatic carbocycles. The molecular weight excluding hydrogens is 741 g/mol. The molecule has 7 heteroatoms. The van der Waals surface area contributed by atoms with E-state index in [0.717, 1.165) is 107 Å². The van der Waals surface area contributed by atoms with Crippen molar-refractivity contribution in [3.63, 3.8) is 0 Å². The Hall–Kier alpha value is -7.90. The van der Waals surface area contributed by atoms with E-state index < -0.39 is 0 Å². The molecule has 0 amide bonds. The summed E-state index contributed by atoms with van der Waals surface area (Å²) in [5.41, 5.74) is 14.8. The maximum atomic E-state index is 6.64. The molecule has 0 saturated carbocycles. The lowest BCUT2D eigenvalue weighted by Crippen LogP contribution is -2.23. The quantitative estimate of drug-likeness (QED) is 0.178. The maximum absolute atomic E-state index is 6.64. The fourth-order valence-corrected chi connectivity index (χ4v) is 10.2. The van der Waals surface area contributed by atoms with Crippen molar-refractivity contribution in [2.45, 2.75) is 19.3 Å². The Morgan fingerprint density at radius 2 is 1.03 bits per heavy atom. The Morgan fingerprint density at radius 3 is 1.80 bits per heavy atom. The summed E-state index contributed by atoms with van der Waals surface area (Å²) in [6, 6.07) is 55.2. The van der Waals surface area contributed by atoms with Crippen molar-refractivity contribution in [3.05, 3.63) is 169 Å². The second-order valence-electron chi connectivity index (χ2n) is 16.6. The van der Waals surface area contributed by atoms with Crippen LogP contribution >= 0.6 is 0 Å². The average Bonchev–Trinajstić information content (AvgIpc) is 3.73. The first-order valence-electron chi connectivity index (χ1n) is 20.3. The molecule has 0 fully saturated rings. The van der Waals surface area contributed by atoms with Crippen molar-refractivity contribution in [1.29, 1.82) is 0 Å². The third-order valence-corrected chi connectivity index (χ3v) is 12.9. The number of para-hydroxylation sites is 4. The van der Waals surface area contributed by atoms with E-state index in [2.05, 4.69) is 145 Å². The highest BCUT2D eigenvalue weighted by molar-refractivity contribution is 6.11. The van der Waals surface area contributed by atoms with Gasteiger partial charge in [-0.1, -0.05) is 105 Å². The monoisotopic (exact) mass is 772 g/mol. The summed E-state index contributed by atoms with van der Waals surface area (Å²) in [6.07, 6.45) is 0. The zero-order valence-electron chi connectivity index (χ0n) is 32.5. The van der Waals surface area contributed by atoms with Crippen LogP contribution in [0.1, 0.15) is 25.0 Å². The molecule has 282 valence electrons. The lowest BCUT2D eigenvalue weighted by atomic mass is 9.82. The van der Waals surface area contributed by atoms with Crippen LogP contribution in [-0.2, 0) is 5.41 Å². The van der Waals surface area contributed by atoms with E-state index in [1.54, 1.807) is 0 Å². The standard InChI is InChI=1S/C53H32N4O3/c1-53(2)37-14-6-3-11-32(37)33-23-21-30(26-38(33)53)48-35-13-4-7-15-39(35)54-52(55-48)56-40-16-8-5-12-34(40)36-25-29(22-24-41(36)56)31-27-46-51-47(28-31)60-45-20-10-18-43-50(45)57(51)49-42(58-43)17-9-19-44(49)59-46/h3-28H,1-2H3. The lowest BCUT2D eigenvalue weighted by molar-refractivity contribution is 0.418. The van der Waals surface area contributed by atoms with Crippen LogP contribution in [0, 0.1) is 0 Å². The third-order valence-electron chi connectivity index (χ3n) is 12.9. The minimum atomic E-state index is -0.128. The molecule has 4 aliphatic rings. The van der Waals surface area contributed by atoms with E-state index in [4.69, 9.17) is 24.2 Å². The summed E-state index contributed by atoms with van der Waals surface area (Å²) in [6.45, 7) is 4.64. The number of hydrogen-bond acceptors (Lipinski definition) is 6. The SMILES string of the molecule is CC1(C)c2ccccc2-c2ccc(-c3nc(-n4c5ccccc5c5cc(-c6cc7c8c(c6)Oc6cccc9c6N8c6c(cccc6O7)O9)ccc54)nc4ccccc34)cc21. The van der Waals surface area contributed by atoms with Gasteiger partial charge in [-0.2, -0.15) is 0 Å². The molecular formula is C53H32N4O3. The van der Waals surface area contributed by atoms with Gasteiger partial charge in [-0.3, -0.25) is 9.47 Å². The molecule has 0 saturated heterocycles. The maximum Gasteiger partial charge on any atom is 0.235 e. The number of fused-ring (bicyclic) bond motifs is 7. The van der Waals surface area contributed by atoms with E-state index in [-0.39, 0.29) is 5.41 Å². The van der Waals surface area contributed by atoms with Crippen LogP contribution in [0.15, 0.2) is 158 Å². The molecule has 0 radical (unpaired) electrons. The van der Waals surface area contributed by atoms with Gasteiger partial charge < -0.3 is 14.2 Å². The largest absolute Gasteiger partial charge is 0.453 e. The first-order valence-corrected chi connectivity index (χ1v) is 20.3. The van der Waals surface area contributed by atoms with Crippen molar-refractivity contribution >= 4 is 49.8 Å². The molecule has 0 unspecified atom stereocenters. The molecule has 14 rings (SSSR count). The summed E-state index contributed by atoms with van der Waals surface area (Å²) >= 11 is 0. The summed E-state index contributed by atoms with van der Waals surface area (Å²) in [4.78, 5) is 12.9. The van der Waals surface area contributed by atoms with Gasteiger partial charge in [-0.25, -0.2) is 9.97 Å². The van der Waals surface area contributed by atoms with Gasteiger partial charge in [-0.05, 0) is 100 Å². The van der Waals surface area contributed by atoms with E-state index in [1.807, 2.05) is 36.4 Å². The number of rotatable bonds is 3. The third kappa shape index (κ3) is 4.13. The molecule has 3 aliphatic heterocycles. The molecule has 1 aliphatic carbocycles. The van der Waals surface area contributed by atoms with Gasteiger partial charge in [0.1, 0.15) is 17.1 Å². The van der Waals surface area contributed by atoms with E-state index >= 15 is 0 Å². The Labute approximate surface area is 344 Å². The van der Waals surface area contributed by atoms with Crippen LogP contribution in [0.2, 0.25) is 0 Å². The molecule has 7 nitrogen and oxygen atoms in total. The van der Waals surface area contributed by atoms with Crippen molar-refractivity contribution in [3.8, 4) is 74.0 Å². The number of ether oxygens (including phenoxy) is 3. The molecule has 0 atom stereocenters. The van der Waals surface area contributed by atoms with E-state index in [9.17, 15) is 0 Å². The normalized spacial score (nSPS) is 14.3. The van der Waals surface area contributed by atoms with Gasteiger partial charge in [0.25, 0.3) is 0 Å². The van der Waals surface area contributed by atoms with Crippen molar-refractivity contribution in [1.82, 2.24) is 14.5 Å². The Balaban J connectivity index is 0.936. The second kappa shape index (κ2) is 11.2. The summed E-state index contributed by atoms with van der Waals surface area (Å²) < 4.78 is 21.8. The van der Waals surface area contributed by atoms with Crippen LogP contribution in [0.5, 0.6) is 34.5 Å². The average molecular weight is 773 g/mol. The van der Waals surface area contributed by atoms with Gasteiger partial charge >= 0.3 is 0 Å². The summed E-state index contributed by atoms with van der Waals surface area (Å²) in [5.74, 6) is 5.09. The first kappa shape index (κ1) is 32.1. The van der Waals surface area contributed by atoms with Gasteiger partial charge in [0, 0.05) is 27.1 Å². The van der Waals surface area contributed by atoms with Crippen LogP contribution < -0.4 is 19.1 Å². The highest BCUT2D eigenvalue weighted by Gasteiger charge is 2.42. The molecule has 0 spiro atoms. The van der Waals surface area contributed by atoms with Crippen molar-refractivity contribution < 1.29 is 14.2 Å². The molecule has 10 aromatic rings. The number of nitrogens with zero attached hydrogens (tertiary/aromatic N) is 4. The second-order valence-corrected chi connectivity index (χ2v) is 16.6. The highest BCUT2D eigenvalue weighted by atomic mass is 16.5. The van der Waals surface area contributed by atoms with E-state index in [1.165, 1.54) is 22.3 Å². The van der Waals surface area contributed by atoms with Gasteiger partial charge in [-0.15, -0.1) is 0 Å². The van der Waals surface area contributed by atoms with Gasteiger partial charge in [0.05, 0.1) is 22.2 Å². The summed E-state index contributed by atoms with van der Waals surface area (Å²) in [5, 5.41) is 3.24. The fraction of sp³-hybridized carbons (Fsp3) is 0.0566. The fourth-order valence-electron chi connectivity index (χ4n) is 10.2. The van der Waals surface area contributed by atoms with Crippen LogP contribution in [0.25, 0.3) is 72.2 Å². The summed E-state index contributed by atoms with van der Waals surface area (Å²) in [7, 11) is 0. The van der Waals surface area contributed by atoms with Gasteiger partial charge in [0.2, 0.25) is 5.95 Å². The Bertz CT molecular complexity index is 3510. The van der Waals surface area contributed by atoms with E-state index in [0.29, 0.717) is 5.95 Å². The molecule has 0 bridgehead atoms. The highest BCUT2D eigenvalue weighted by Crippen LogP contribution is 2.67. The predicted molar refractivity (Wildman–Crippen MR) is 237 cm³/mol. The van der Waals surface area contributed by atoms with Crippen LogP contribution in [-0.4, -0.2) is 14.5 Å². The number of anilines is 3. The molecule has 60 heavy (non-hydrogen) atoms. The molecule has 2 aromatic heterocycles. The van der Waals surface area contributed by atoms with Gasteiger partial charge in [0.15, 0.2) is 34.5 Å². The predicted octanol–water partition coefficient (Wildman–Crippen LogP) is 14.2. The lowest BCUT2D eigenvalue weighted by Gasteiger charge is -2.41. The zero-order valence-corrected chi connectivity index (χ0v) is 32.5. The topological polar surface area (TPSA) is 61.6 Å². The minimum Gasteiger partial charge on any atom is -0.453 e. The zero-order chi connectivity index (χ0) is 39.4. The first-order chi connectivity index (χ1) is 29.5. The minimum absolute atomic E-state index is 0.128. The Kier molecular flexibility index (Phi) is 5.98. The molecule has 5 heterocycles. The van der Waals surface area contributed by atoms with Crippen molar-refractivity contribution in [2.24, 2.45) is 0 Å². The smallest absolute Gasteiger partial charge is 0.235 e. The molecule has 0 N–H and O–H groups in total. The van der Waals surface area contributed by atoms with Crippen LogP contribution in [0.4, 0.5) is 17.1 Å². The number of hydrogen-bond donors (Lipinski definition) is 0. The number of aromatic nitrogens is 3. The van der Waals surface area contributed by atoms with Crippen LogP contribution in [0.3, 0.4) is 0 Å². The van der Waals surface area contributed by atoms with Crippen molar-refractivity contribution in [2.75, 3.05) is 4.90 Å². The Morgan fingerprint density at radius 1 is 0.433 bits per heavy atom.